The molecule has 3 heterocycles. The molecule has 2 aromatic heterocycles. The van der Waals surface area contributed by atoms with Crippen molar-refractivity contribution < 1.29 is 22.7 Å². The summed E-state index contributed by atoms with van der Waals surface area (Å²) in [6.07, 6.45) is 2.17. The van der Waals surface area contributed by atoms with Crippen molar-refractivity contribution in [2.75, 3.05) is 17.7 Å². The summed E-state index contributed by atoms with van der Waals surface area (Å²) >= 11 is 1.25. The van der Waals surface area contributed by atoms with Crippen molar-refractivity contribution in [3.8, 4) is 5.88 Å². The van der Waals surface area contributed by atoms with Gasteiger partial charge in [-0.05, 0) is 54.7 Å². The molecule has 4 aromatic rings. The van der Waals surface area contributed by atoms with Gasteiger partial charge in [0.25, 0.3) is 0 Å². The maximum absolute atomic E-state index is 13.7. The summed E-state index contributed by atoms with van der Waals surface area (Å²) in [5.74, 6) is -0.134. The van der Waals surface area contributed by atoms with Gasteiger partial charge in [0.15, 0.2) is 5.13 Å². The van der Waals surface area contributed by atoms with Gasteiger partial charge in [-0.1, -0.05) is 29.5 Å². The Bertz CT molecular complexity index is 1700. The SMILES string of the molecule is COc1ccc2nc(NC(=O)C(CC3CCC(=O)C3)c3ccc4c(c3)Nc3ccccc3S4(=O)=O)sc2n1. The van der Waals surface area contributed by atoms with Crippen LogP contribution < -0.4 is 15.4 Å². The number of thiazole rings is 1. The van der Waals surface area contributed by atoms with Crippen molar-refractivity contribution in [2.45, 2.75) is 41.4 Å². The standard InChI is InChI=1S/C27H24N4O5S2/c1-36-24-11-9-20-26(30-24)37-27(29-20)31-25(33)18(13-15-6-8-17(32)12-15)16-7-10-23-21(14-16)28-19-4-2-3-5-22(19)38(23,34)35/h2-5,7,9-11,14-15,18,28H,6,8,12-13H2,1H3,(H,29,31,33). The number of amides is 1. The second kappa shape index (κ2) is 9.48. The number of nitrogens with one attached hydrogen (secondary N) is 2. The number of nitrogens with zero attached hydrogens (tertiary/aromatic N) is 2. The molecule has 2 atom stereocenters. The molecule has 11 heteroatoms. The molecule has 6 rings (SSSR count). The molecule has 0 saturated heterocycles. The molecule has 0 radical (unpaired) electrons. The first kappa shape index (κ1) is 24.5. The summed E-state index contributed by atoms with van der Waals surface area (Å²) in [6.45, 7) is 0. The highest BCUT2D eigenvalue weighted by molar-refractivity contribution is 7.92. The monoisotopic (exact) mass is 548 g/mol. The topological polar surface area (TPSA) is 127 Å². The van der Waals surface area contributed by atoms with Gasteiger partial charge in [0.05, 0.1) is 34.2 Å². The molecule has 0 bridgehead atoms. The lowest BCUT2D eigenvalue weighted by atomic mass is 9.87. The van der Waals surface area contributed by atoms with Crippen molar-refractivity contribution in [3.63, 3.8) is 0 Å². The minimum atomic E-state index is -3.70. The zero-order valence-corrected chi connectivity index (χ0v) is 22.1. The van der Waals surface area contributed by atoms with Gasteiger partial charge in [-0.3, -0.25) is 9.59 Å². The second-order valence-corrected chi connectivity index (χ2v) is 12.4. The molecule has 1 saturated carbocycles. The van der Waals surface area contributed by atoms with Gasteiger partial charge in [-0.2, -0.15) is 0 Å². The Morgan fingerprint density at radius 3 is 2.74 bits per heavy atom. The number of aromatic nitrogens is 2. The molecular formula is C27H24N4O5S2. The number of ketones is 1. The third-order valence-electron chi connectivity index (χ3n) is 7.04. The molecule has 2 aromatic carbocycles. The minimum Gasteiger partial charge on any atom is -0.481 e. The van der Waals surface area contributed by atoms with Gasteiger partial charge in [0.2, 0.25) is 21.6 Å². The van der Waals surface area contributed by atoms with Gasteiger partial charge in [-0.15, -0.1) is 0 Å². The maximum Gasteiger partial charge on any atom is 0.233 e. The predicted octanol–water partition coefficient (Wildman–Crippen LogP) is 5.07. The van der Waals surface area contributed by atoms with E-state index >= 15 is 0 Å². The second-order valence-electron chi connectivity index (χ2n) is 9.50. The summed E-state index contributed by atoms with van der Waals surface area (Å²) in [4.78, 5) is 35.5. The number of ether oxygens (including phenoxy) is 1. The normalized spacial score (nSPS) is 18.3. The number of carbonyl (C=O) groups excluding carboxylic acids is 2. The highest BCUT2D eigenvalue weighted by atomic mass is 32.2. The van der Waals surface area contributed by atoms with Crippen LogP contribution in [-0.4, -0.2) is 37.2 Å². The Morgan fingerprint density at radius 1 is 1.13 bits per heavy atom. The van der Waals surface area contributed by atoms with Crippen molar-refractivity contribution in [2.24, 2.45) is 5.92 Å². The molecule has 2 N–H and O–H groups in total. The summed E-state index contributed by atoms with van der Waals surface area (Å²) in [5, 5.41) is 6.55. The van der Waals surface area contributed by atoms with E-state index < -0.39 is 15.8 Å². The molecule has 2 unspecified atom stereocenters. The molecule has 2 aliphatic rings. The van der Waals surface area contributed by atoms with Crippen LogP contribution in [0.15, 0.2) is 64.4 Å². The van der Waals surface area contributed by atoms with Crippen molar-refractivity contribution in [3.05, 3.63) is 60.2 Å². The van der Waals surface area contributed by atoms with Gasteiger partial charge in [0, 0.05) is 18.9 Å². The molecular weight excluding hydrogens is 524 g/mol. The third kappa shape index (κ3) is 4.41. The summed E-state index contributed by atoms with van der Waals surface area (Å²) in [5.41, 5.74) is 2.24. The molecule has 194 valence electrons. The lowest BCUT2D eigenvalue weighted by Gasteiger charge is -2.24. The number of Topliss-reactive ketones (excluding diaryl/α,β-unsaturated/α-hetero) is 1. The molecule has 1 aliphatic heterocycles. The van der Waals surface area contributed by atoms with Crippen LogP contribution in [-0.2, 0) is 19.4 Å². The molecule has 9 nitrogen and oxygen atoms in total. The van der Waals surface area contributed by atoms with Gasteiger partial charge >= 0.3 is 0 Å². The third-order valence-corrected chi connectivity index (χ3v) is 9.79. The summed E-state index contributed by atoms with van der Waals surface area (Å²) < 4.78 is 31.6. The number of benzene rings is 2. The highest BCUT2D eigenvalue weighted by Gasteiger charge is 2.33. The smallest absolute Gasteiger partial charge is 0.233 e. The zero-order chi connectivity index (χ0) is 26.4. The van der Waals surface area contributed by atoms with E-state index in [2.05, 4.69) is 20.6 Å². The van der Waals surface area contributed by atoms with Crippen molar-refractivity contribution in [1.29, 1.82) is 0 Å². The Labute approximate surface area is 223 Å². The highest BCUT2D eigenvalue weighted by Crippen LogP contribution is 2.42. The molecule has 1 aliphatic carbocycles. The van der Waals surface area contributed by atoms with Crippen molar-refractivity contribution in [1.82, 2.24) is 9.97 Å². The van der Waals surface area contributed by atoms with Crippen molar-refractivity contribution >= 4 is 59.7 Å². The van der Waals surface area contributed by atoms with Crippen LogP contribution in [0.1, 0.15) is 37.2 Å². The van der Waals surface area contributed by atoms with E-state index in [9.17, 15) is 18.0 Å². The average molecular weight is 549 g/mol. The first-order chi connectivity index (χ1) is 18.3. The molecule has 38 heavy (non-hydrogen) atoms. The maximum atomic E-state index is 13.7. The lowest BCUT2D eigenvalue weighted by Crippen LogP contribution is -2.24. The van der Waals surface area contributed by atoms with Crippen LogP contribution in [0, 0.1) is 5.92 Å². The number of sulfone groups is 1. The number of fused-ring (bicyclic) bond motifs is 3. The molecule has 0 spiro atoms. The number of pyridine rings is 1. The Balaban J connectivity index is 1.34. The van der Waals surface area contributed by atoms with E-state index in [1.807, 2.05) is 0 Å². The van der Waals surface area contributed by atoms with E-state index in [-0.39, 0.29) is 27.4 Å². The Hall–Kier alpha value is -3.83. The Kier molecular flexibility index (Phi) is 6.11. The van der Waals surface area contributed by atoms with E-state index in [4.69, 9.17) is 4.74 Å². The number of para-hydroxylation sites is 1. The number of carbonyl (C=O) groups is 2. The fraction of sp³-hybridized carbons (Fsp3) is 0.259. The largest absolute Gasteiger partial charge is 0.481 e. The predicted molar refractivity (Wildman–Crippen MR) is 144 cm³/mol. The van der Waals surface area contributed by atoms with Gasteiger partial charge < -0.3 is 15.4 Å². The zero-order valence-electron chi connectivity index (χ0n) is 20.4. The number of anilines is 3. The van der Waals surface area contributed by atoms with Crippen LogP contribution >= 0.6 is 11.3 Å². The van der Waals surface area contributed by atoms with E-state index in [0.717, 1.165) is 6.42 Å². The number of rotatable bonds is 6. The number of hydrogen-bond acceptors (Lipinski definition) is 9. The quantitative estimate of drug-likeness (QED) is 0.301. The van der Waals surface area contributed by atoms with Crippen LogP contribution in [0.25, 0.3) is 10.3 Å². The number of hydrogen-bond donors (Lipinski definition) is 2. The van der Waals surface area contributed by atoms with Crippen LogP contribution in [0.5, 0.6) is 5.88 Å². The first-order valence-corrected chi connectivity index (χ1v) is 14.5. The lowest BCUT2D eigenvalue weighted by molar-refractivity contribution is -0.119. The van der Waals surface area contributed by atoms with Crippen LogP contribution in [0.3, 0.4) is 0 Å². The summed E-state index contributed by atoms with van der Waals surface area (Å²) in [6, 6.07) is 15.2. The first-order valence-electron chi connectivity index (χ1n) is 12.2. The molecule has 1 amide bonds. The van der Waals surface area contributed by atoms with Gasteiger partial charge in [0.1, 0.15) is 16.1 Å². The van der Waals surface area contributed by atoms with E-state index in [1.54, 1.807) is 54.6 Å². The van der Waals surface area contributed by atoms with E-state index in [1.165, 1.54) is 18.4 Å². The van der Waals surface area contributed by atoms with E-state index in [0.29, 0.717) is 57.6 Å². The Morgan fingerprint density at radius 2 is 1.95 bits per heavy atom. The fourth-order valence-electron chi connectivity index (χ4n) is 5.14. The van der Waals surface area contributed by atoms with Gasteiger partial charge in [-0.25, -0.2) is 18.4 Å². The van der Waals surface area contributed by atoms with Crippen LogP contribution in [0.4, 0.5) is 16.5 Å². The minimum absolute atomic E-state index is 0.0768. The molecule has 1 fully saturated rings. The summed E-state index contributed by atoms with van der Waals surface area (Å²) in [7, 11) is -2.16. The van der Waals surface area contributed by atoms with Crippen LogP contribution in [0.2, 0.25) is 0 Å². The number of methoxy groups -OCH3 is 1. The fourth-order valence-corrected chi connectivity index (χ4v) is 7.53. The average Bonchev–Trinajstić information content (AvgIpc) is 3.51.